The van der Waals surface area contributed by atoms with E-state index < -0.39 is 11.7 Å². The number of amides is 1. The van der Waals surface area contributed by atoms with Gasteiger partial charge in [-0.05, 0) is 41.3 Å². The normalized spacial score (nSPS) is 11.5. The third kappa shape index (κ3) is 4.40. The van der Waals surface area contributed by atoms with E-state index in [1.165, 1.54) is 29.8 Å². The predicted molar refractivity (Wildman–Crippen MR) is 121 cm³/mol. The van der Waals surface area contributed by atoms with Crippen molar-refractivity contribution in [3.05, 3.63) is 100.0 Å². The Morgan fingerprint density at radius 2 is 1.68 bits per heavy atom. The monoisotopic (exact) mass is 415 g/mol. The number of hydrogen-bond donors (Lipinski definition) is 1. The van der Waals surface area contributed by atoms with Crippen LogP contribution in [0.5, 0.6) is 0 Å². The van der Waals surface area contributed by atoms with Gasteiger partial charge in [0.2, 0.25) is 0 Å². The van der Waals surface area contributed by atoms with Gasteiger partial charge in [-0.1, -0.05) is 51.1 Å². The van der Waals surface area contributed by atoms with Gasteiger partial charge >= 0.3 is 0 Å². The Morgan fingerprint density at radius 3 is 2.35 bits per heavy atom. The number of hydrogen-bond acceptors (Lipinski definition) is 3. The van der Waals surface area contributed by atoms with Crippen molar-refractivity contribution in [2.45, 2.75) is 26.2 Å². The smallest absolute Gasteiger partial charge is 0.255 e. The quantitative estimate of drug-likeness (QED) is 0.437. The highest BCUT2D eigenvalue weighted by molar-refractivity contribution is 6.05. The second kappa shape index (κ2) is 7.84. The first-order valence-corrected chi connectivity index (χ1v) is 9.96. The molecule has 0 unspecified atom stereocenters. The molecule has 0 fully saturated rings. The molecule has 1 heterocycles. The first kappa shape index (κ1) is 20.5. The van der Waals surface area contributed by atoms with E-state index in [1.807, 2.05) is 24.3 Å². The standard InChI is InChI=1S/C26H22FNO3/c1-26(2,3)18-9-7-16(8-10-18)23-15-22(29)21-12-11-20(14-24(21)31-23)28-25(30)17-5-4-6-19(27)13-17/h4-15H,1-3H3,(H,28,30). The van der Waals surface area contributed by atoms with Gasteiger partial charge in [-0.15, -0.1) is 0 Å². The summed E-state index contributed by atoms with van der Waals surface area (Å²) in [6, 6.07) is 19.6. The lowest BCUT2D eigenvalue weighted by molar-refractivity contribution is 0.102. The van der Waals surface area contributed by atoms with Crippen molar-refractivity contribution in [2.24, 2.45) is 0 Å². The fraction of sp³-hybridized carbons (Fsp3) is 0.154. The topological polar surface area (TPSA) is 59.3 Å². The highest BCUT2D eigenvalue weighted by atomic mass is 19.1. The van der Waals surface area contributed by atoms with E-state index in [1.54, 1.807) is 18.2 Å². The number of carbonyl (C=O) groups is 1. The van der Waals surface area contributed by atoms with Gasteiger partial charge in [0.05, 0.1) is 5.39 Å². The van der Waals surface area contributed by atoms with E-state index in [0.717, 1.165) is 11.6 Å². The second-order valence-corrected chi connectivity index (χ2v) is 8.48. The highest BCUT2D eigenvalue weighted by Crippen LogP contribution is 2.28. The zero-order chi connectivity index (χ0) is 22.2. The van der Waals surface area contributed by atoms with E-state index in [4.69, 9.17) is 4.42 Å². The molecule has 4 nitrogen and oxygen atoms in total. The average Bonchev–Trinajstić information content (AvgIpc) is 2.73. The summed E-state index contributed by atoms with van der Waals surface area (Å²) in [5.74, 6) is -0.485. The summed E-state index contributed by atoms with van der Waals surface area (Å²) in [6.45, 7) is 6.41. The molecule has 0 radical (unpaired) electrons. The number of rotatable bonds is 3. The zero-order valence-corrected chi connectivity index (χ0v) is 17.5. The Kier molecular flexibility index (Phi) is 5.19. The van der Waals surface area contributed by atoms with E-state index >= 15 is 0 Å². The Morgan fingerprint density at radius 1 is 0.935 bits per heavy atom. The fourth-order valence-corrected chi connectivity index (χ4v) is 3.34. The van der Waals surface area contributed by atoms with Crippen LogP contribution in [0.1, 0.15) is 36.7 Å². The van der Waals surface area contributed by atoms with Gasteiger partial charge in [-0.2, -0.15) is 0 Å². The summed E-state index contributed by atoms with van der Waals surface area (Å²) in [7, 11) is 0. The molecule has 0 saturated carbocycles. The predicted octanol–water partition coefficient (Wildman–Crippen LogP) is 6.15. The number of nitrogens with one attached hydrogen (secondary N) is 1. The molecule has 0 bridgehead atoms. The lowest BCUT2D eigenvalue weighted by atomic mass is 9.86. The maximum absolute atomic E-state index is 13.4. The molecule has 4 aromatic rings. The van der Waals surface area contributed by atoms with Gasteiger partial charge in [0.15, 0.2) is 5.43 Å². The van der Waals surface area contributed by atoms with Gasteiger partial charge in [0.1, 0.15) is 17.2 Å². The Bertz CT molecular complexity index is 1330. The Labute approximate surface area is 179 Å². The molecule has 0 aliphatic carbocycles. The highest BCUT2D eigenvalue weighted by Gasteiger charge is 2.14. The third-order valence-corrected chi connectivity index (χ3v) is 5.11. The maximum Gasteiger partial charge on any atom is 0.255 e. The van der Waals surface area contributed by atoms with Crippen LogP contribution in [0.25, 0.3) is 22.3 Å². The molecule has 1 amide bonds. The van der Waals surface area contributed by atoms with Crippen molar-refractivity contribution in [2.75, 3.05) is 5.32 Å². The van der Waals surface area contributed by atoms with Crippen molar-refractivity contribution in [3.63, 3.8) is 0 Å². The van der Waals surface area contributed by atoms with E-state index in [-0.39, 0.29) is 16.4 Å². The Balaban J connectivity index is 1.68. The second-order valence-electron chi connectivity index (χ2n) is 8.48. The minimum Gasteiger partial charge on any atom is -0.456 e. The molecular formula is C26H22FNO3. The molecule has 156 valence electrons. The summed E-state index contributed by atoms with van der Waals surface area (Å²) in [5, 5.41) is 3.13. The van der Waals surface area contributed by atoms with Crippen LogP contribution in [0.3, 0.4) is 0 Å². The Hall–Kier alpha value is -3.73. The molecule has 1 N–H and O–H groups in total. The van der Waals surface area contributed by atoms with Gasteiger partial charge in [-0.3, -0.25) is 9.59 Å². The van der Waals surface area contributed by atoms with E-state index in [9.17, 15) is 14.0 Å². The summed E-state index contributed by atoms with van der Waals surface area (Å²) in [6.07, 6.45) is 0. The first-order chi connectivity index (χ1) is 14.7. The van der Waals surface area contributed by atoms with Crippen molar-refractivity contribution < 1.29 is 13.6 Å². The van der Waals surface area contributed by atoms with Gasteiger partial charge in [0, 0.05) is 28.9 Å². The van der Waals surface area contributed by atoms with E-state index in [0.29, 0.717) is 22.4 Å². The lowest BCUT2D eigenvalue weighted by Gasteiger charge is -2.19. The molecule has 4 rings (SSSR count). The first-order valence-electron chi connectivity index (χ1n) is 9.96. The molecule has 3 aromatic carbocycles. The van der Waals surface area contributed by atoms with Crippen LogP contribution in [-0.4, -0.2) is 5.91 Å². The number of benzene rings is 3. The molecule has 1 aromatic heterocycles. The van der Waals surface area contributed by atoms with Gasteiger partial charge in [-0.25, -0.2) is 4.39 Å². The third-order valence-electron chi connectivity index (χ3n) is 5.11. The molecule has 31 heavy (non-hydrogen) atoms. The largest absolute Gasteiger partial charge is 0.456 e. The van der Waals surface area contributed by atoms with Crippen LogP contribution in [-0.2, 0) is 5.41 Å². The zero-order valence-electron chi connectivity index (χ0n) is 17.5. The molecule has 0 atom stereocenters. The van der Waals surface area contributed by atoms with Crippen LogP contribution in [0.4, 0.5) is 10.1 Å². The lowest BCUT2D eigenvalue weighted by Crippen LogP contribution is -2.12. The van der Waals surface area contributed by atoms with Crippen LogP contribution in [0.2, 0.25) is 0 Å². The summed E-state index contributed by atoms with van der Waals surface area (Å²) < 4.78 is 19.4. The minimum atomic E-state index is -0.487. The fourth-order valence-electron chi connectivity index (χ4n) is 3.34. The number of anilines is 1. The van der Waals surface area contributed by atoms with Crippen molar-refractivity contribution >= 4 is 22.6 Å². The number of carbonyl (C=O) groups excluding carboxylic acids is 1. The average molecular weight is 415 g/mol. The summed E-state index contributed by atoms with van der Waals surface area (Å²) >= 11 is 0. The van der Waals surface area contributed by atoms with Crippen molar-refractivity contribution in [1.29, 1.82) is 0 Å². The van der Waals surface area contributed by atoms with Gasteiger partial charge < -0.3 is 9.73 Å². The van der Waals surface area contributed by atoms with Crippen LogP contribution >= 0.6 is 0 Å². The number of fused-ring (bicyclic) bond motifs is 1. The molecule has 5 heteroatoms. The van der Waals surface area contributed by atoms with Crippen molar-refractivity contribution in [3.8, 4) is 11.3 Å². The molecular weight excluding hydrogens is 393 g/mol. The van der Waals surface area contributed by atoms with Crippen LogP contribution < -0.4 is 10.7 Å². The maximum atomic E-state index is 13.4. The van der Waals surface area contributed by atoms with E-state index in [2.05, 4.69) is 26.1 Å². The summed E-state index contributed by atoms with van der Waals surface area (Å²) in [4.78, 5) is 25.0. The molecule has 0 spiro atoms. The summed E-state index contributed by atoms with van der Waals surface area (Å²) in [5.41, 5.74) is 2.85. The van der Waals surface area contributed by atoms with Crippen LogP contribution in [0.15, 0.2) is 82.0 Å². The number of halogens is 1. The molecule has 0 saturated heterocycles. The molecule has 0 aliphatic rings. The SMILES string of the molecule is CC(C)(C)c1ccc(-c2cc(=O)c3ccc(NC(=O)c4cccc(F)c4)cc3o2)cc1. The van der Waals surface area contributed by atoms with Gasteiger partial charge in [0.25, 0.3) is 5.91 Å². The minimum absolute atomic E-state index is 0.0253. The molecule has 0 aliphatic heterocycles. The van der Waals surface area contributed by atoms with Crippen LogP contribution in [0, 0.1) is 5.82 Å². The van der Waals surface area contributed by atoms with Crippen molar-refractivity contribution in [1.82, 2.24) is 0 Å².